The molecule has 0 aliphatic rings. The molecule has 8 heteroatoms. The molecule has 0 atom stereocenters. The topological polar surface area (TPSA) is 88.5 Å². The number of amides is 1. The first-order valence-corrected chi connectivity index (χ1v) is 8.10. The van der Waals surface area contributed by atoms with E-state index in [0.29, 0.717) is 25.3 Å². The zero-order chi connectivity index (χ0) is 18.2. The zero-order valence-corrected chi connectivity index (χ0v) is 15.3. The van der Waals surface area contributed by atoms with Gasteiger partial charge < -0.3 is 20.3 Å². The average Bonchev–Trinajstić information content (AvgIpc) is 2.43. The standard InChI is InChI=1S/C16H29N5O3/c1-16(2,3)24-15(23)18-8-7-17-13-11-14(22)21(19-12-13)10-6-9-20(4)5/h11-12,17H,6-10H2,1-5H3,(H,18,23). The van der Waals surface area contributed by atoms with Crippen molar-refractivity contribution >= 4 is 11.8 Å². The van der Waals surface area contributed by atoms with Crippen LogP contribution in [0, 0.1) is 0 Å². The van der Waals surface area contributed by atoms with Crippen molar-refractivity contribution in [1.29, 1.82) is 0 Å². The third-order valence-electron chi connectivity index (χ3n) is 2.97. The highest BCUT2D eigenvalue weighted by Gasteiger charge is 2.15. The van der Waals surface area contributed by atoms with Gasteiger partial charge >= 0.3 is 6.09 Å². The Morgan fingerprint density at radius 2 is 2.04 bits per heavy atom. The summed E-state index contributed by atoms with van der Waals surface area (Å²) >= 11 is 0. The number of nitrogens with zero attached hydrogens (tertiary/aromatic N) is 3. The number of alkyl carbamates (subject to hydrolysis) is 1. The molecule has 0 aromatic carbocycles. The number of hydrogen-bond acceptors (Lipinski definition) is 6. The summed E-state index contributed by atoms with van der Waals surface area (Å²) in [4.78, 5) is 25.5. The fourth-order valence-electron chi connectivity index (χ4n) is 1.92. The largest absolute Gasteiger partial charge is 0.444 e. The summed E-state index contributed by atoms with van der Waals surface area (Å²) in [6.07, 6.45) is 2.02. The molecule has 1 rings (SSSR count). The smallest absolute Gasteiger partial charge is 0.407 e. The van der Waals surface area contributed by atoms with Crippen molar-refractivity contribution in [2.45, 2.75) is 39.3 Å². The molecule has 8 nitrogen and oxygen atoms in total. The van der Waals surface area contributed by atoms with Crippen LogP contribution in [-0.4, -0.2) is 60.1 Å². The van der Waals surface area contributed by atoms with E-state index in [2.05, 4.69) is 20.6 Å². The summed E-state index contributed by atoms with van der Waals surface area (Å²) in [5, 5.41) is 9.84. The monoisotopic (exact) mass is 339 g/mol. The fraction of sp³-hybridized carbons (Fsp3) is 0.688. The van der Waals surface area contributed by atoms with Gasteiger partial charge in [0.1, 0.15) is 5.60 Å². The number of ether oxygens (including phenoxy) is 1. The molecule has 0 fully saturated rings. The molecule has 0 unspecified atom stereocenters. The van der Waals surface area contributed by atoms with Crippen molar-refractivity contribution in [3.63, 3.8) is 0 Å². The Morgan fingerprint density at radius 3 is 2.62 bits per heavy atom. The zero-order valence-electron chi connectivity index (χ0n) is 15.3. The van der Waals surface area contributed by atoms with Crippen LogP contribution in [0.1, 0.15) is 27.2 Å². The molecule has 1 aromatic heterocycles. The van der Waals surface area contributed by atoms with Crippen LogP contribution in [0.15, 0.2) is 17.1 Å². The van der Waals surface area contributed by atoms with E-state index in [1.54, 1.807) is 6.20 Å². The van der Waals surface area contributed by atoms with Gasteiger partial charge in [0, 0.05) is 25.7 Å². The van der Waals surface area contributed by atoms with Gasteiger partial charge in [-0.1, -0.05) is 0 Å². The summed E-state index contributed by atoms with van der Waals surface area (Å²) < 4.78 is 6.58. The molecule has 2 N–H and O–H groups in total. The van der Waals surface area contributed by atoms with Crippen molar-refractivity contribution in [2.24, 2.45) is 0 Å². The van der Waals surface area contributed by atoms with Gasteiger partial charge in [0.2, 0.25) is 0 Å². The van der Waals surface area contributed by atoms with E-state index in [9.17, 15) is 9.59 Å². The summed E-state index contributed by atoms with van der Waals surface area (Å²) in [5.41, 5.74) is -0.0212. The van der Waals surface area contributed by atoms with Crippen LogP contribution in [0.2, 0.25) is 0 Å². The lowest BCUT2D eigenvalue weighted by molar-refractivity contribution is 0.0530. The van der Waals surface area contributed by atoms with E-state index < -0.39 is 11.7 Å². The summed E-state index contributed by atoms with van der Waals surface area (Å²) in [5.74, 6) is 0. The van der Waals surface area contributed by atoms with Gasteiger partial charge in [-0.25, -0.2) is 9.48 Å². The fourth-order valence-corrected chi connectivity index (χ4v) is 1.92. The first-order chi connectivity index (χ1) is 11.2. The molecule has 0 spiro atoms. The Balaban J connectivity index is 2.35. The molecule has 1 amide bonds. The van der Waals surface area contributed by atoms with Crippen molar-refractivity contribution in [2.75, 3.05) is 39.0 Å². The molecule has 0 bridgehead atoms. The van der Waals surface area contributed by atoms with Crippen LogP contribution in [0.25, 0.3) is 0 Å². The molecule has 136 valence electrons. The molecular formula is C16H29N5O3. The number of aromatic nitrogens is 2. The van der Waals surface area contributed by atoms with Gasteiger partial charge in [-0.3, -0.25) is 4.79 Å². The maximum Gasteiger partial charge on any atom is 0.407 e. The van der Waals surface area contributed by atoms with Crippen LogP contribution in [0.3, 0.4) is 0 Å². The van der Waals surface area contributed by atoms with E-state index >= 15 is 0 Å². The van der Waals surface area contributed by atoms with E-state index in [1.165, 1.54) is 10.7 Å². The molecule has 1 heterocycles. The molecule has 0 aliphatic carbocycles. The normalized spacial score (nSPS) is 11.4. The lowest BCUT2D eigenvalue weighted by atomic mass is 10.2. The number of rotatable bonds is 8. The number of carbonyl (C=O) groups is 1. The minimum Gasteiger partial charge on any atom is -0.444 e. The molecule has 0 aliphatic heterocycles. The highest BCUT2D eigenvalue weighted by molar-refractivity contribution is 5.67. The Kier molecular flexibility index (Phi) is 7.70. The predicted molar refractivity (Wildman–Crippen MR) is 94.4 cm³/mol. The van der Waals surface area contributed by atoms with E-state index in [1.807, 2.05) is 34.9 Å². The minimum absolute atomic E-state index is 0.140. The van der Waals surface area contributed by atoms with Crippen LogP contribution in [-0.2, 0) is 11.3 Å². The van der Waals surface area contributed by atoms with Crippen molar-refractivity contribution < 1.29 is 9.53 Å². The Bertz CT molecular complexity index is 578. The van der Waals surface area contributed by atoms with Gasteiger partial charge in [-0.15, -0.1) is 0 Å². The van der Waals surface area contributed by atoms with E-state index in [-0.39, 0.29) is 5.56 Å². The van der Waals surface area contributed by atoms with Crippen molar-refractivity contribution in [3.05, 3.63) is 22.6 Å². The number of nitrogens with one attached hydrogen (secondary N) is 2. The van der Waals surface area contributed by atoms with Gasteiger partial charge in [-0.2, -0.15) is 5.10 Å². The van der Waals surface area contributed by atoms with Gasteiger partial charge in [0.15, 0.2) is 0 Å². The second-order valence-corrected chi connectivity index (χ2v) is 6.82. The Labute approximate surface area is 143 Å². The number of anilines is 1. The highest BCUT2D eigenvalue weighted by Crippen LogP contribution is 2.06. The van der Waals surface area contributed by atoms with Crippen LogP contribution < -0.4 is 16.2 Å². The van der Waals surface area contributed by atoms with Crippen molar-refractivity contribution in [1.82, 2.24) is 20.0 Å². The number of hydrogen-bond donors (Lipinski definition) is 2. The summed E-state index contributed by atoms with van der Waals surface area (Å²) in [6.45, 7) is 7.80. The second-order valence-electron chi connectivity index (χ2n) is 6.82. The molecular weight excluding hydrogens is 310 g/mol. The molecule has 1 aromatic rings. The van der Waals surface area contributed by atoms with Crippen LogP contribution in [0.5, 0.6) is 0 Å². The number of aryl methyl sites for hydroxylation is 1. The maximum atomic E-state index is 12.0. The third kappa shape index (κ3) is 8.52. The Hall–Kier alpha value is -2.09. The maximum absolute atomic E-state index is 12.0. The molecule has 0 radical (unpaired) electrons. The minimum atomic E-state index is -0.515. The highest BCUT2D eigenvalue weighted by atomic mass is 16.6. The second kappa shape index (κ2) is 9.27. The quantitative estimate of drug-likeness (QED) is 0.690. The third-order valence-corrected chi connectivity index (χ3v) is 2.97. The van der Waals surface area contributed by atoms with Gasteiger partial charge in [0.05, 0.1) is 11.9 Å². The van der Waals surface area contributed by atoms with E-state index in [0.717, 1.165) is 13.0 Å². The van der Waals surface area contributed by atoms with Crippen LogP contribution in [0.4, 0.5) is 10.5 Å². The molecule has 24 heavy (non-hydrogen) atoms. The summed E-state index contributed by atoms with van der Waals surface area (Å²) in [6, 6.07) is 1.51. The lowest BCUT2D eigenvalue weighted by Gasteiger charge is -2.19. The van der Waals surface area contributed by atoms with E-state index in [4.69, 9.17) is 4.74 Å². The predicted octanol–water partition coefficient (Wildman–Crippen LogP) is 1.13. The van der Waals surface area contributed by atoms with Gasteiger partial charge in [0.25, 0.3) is 5.56 Å². The Morgan fingerprint density at radius 1 is 1.33 bits per heavy atom. The van der Waals surface area contributed by atoms with Gasteiger partial charge in [-0.05, 0) is 47.8 Å². The molecule has 0 saturated heterocycles. The lowest BCUT2D eigenvalue weighted by Crippen LogP contribution is -2.35. The summed E-state index contributed by atoms with van der Waals surface area (Å²) in [7, 11) is 3.99. The van der Waals surface area contributed by atoms with Crippen molar-refractivity contribution in [3.8, 4) is 0 Å². The van der Waals surface area contributed by atoms with Crippen LogP contribution >= 0.6 is 0 Å². The molecule has 0 saturated carbocycles. The SMILES string of the molecule is CN(C)CCCn1ncc(NCCNC(=O)OC(C)(C)C)cc1=O. The first kappa shape index (κ1) is 20.0. The number of carbonyl (C=O) groups excluding carboxylic acids is 1. The average molecular weight is 339 g/mol. The first-order valence-electron chi connectivity index (χ1n) is 8.10.